The molecule has 1 N–H and O–H groups in total. The van der Waals surface area contributed by atoms with E-state index in [0.29, 0.717) is 18.0 Å². The van der Waals surface area contributed by atoms with Crippen LogP contribution < -0.4 is 14.8 Å². The van der Waals surface area contributed by atoms with E-state index in [9.17, 15) is 4.79 Å². The lowest BCUT2D eigenvalue weighted by atomic mass is 10.0. The summed E-state index contributed by atoms with van der Waals surface area (Å²) >= 11 is 0. The van der Waals surface area contributed by atoms with Gasteiger partial charge in [0.2, 0.25) is 0 Å². The number of benzene rings is 2. The van der Waals surface area contributed by atoms with Gasteiger partial charge in [0, 0.05) is 6.54 Å². The average Bonchev–Trinajstić information content (AvgIpc) is 2.65. The molecule has 0 saturated heterocycles. The fourth-order valence-electron chi connectivity index (χ4n) is 2.46. The summed E-state index contributed by atoms with van der Waals surface area (Å²) in [7, 11) is 1.59. The van der Waals surface area contributed by atoms with E-state index in [1.807, 2.05) is 55.5 Å². The summed E-state index contributed by atoms with van der Waals surface area (Å²) in [4.78, 5) is 12.0. The Morgan fingerprint density at radius 2 is 1.92 bits per heavy atom. The maximum absolute atomic E-state index is 12.0. The summed E-state index contributed by atoms with van der Waals surface area (Å²) in [6, 6.07) is 15.7. The number of rotatable bonds is 8. The molecule has 0 saturated carbocycles. The Labute approximate surface area is 149 Å². The van der Waals surface area contributed by atoms with Gasteiger partial charge in [-0.15, -0.1) is 0 Å². The highest BCUT2D eigenvalue weighted by Gasteiger charge is 2.10. The van der Waals surface area contributed by atoms with Crippen molar-refractivity contribution >= 4 is 12.0 Å². The highest BCUT2D eigenvalue weighted by molar-refractivity contribution is 5.77. The molecule has 0 aliphatic heterocycles. The molecule has 2 aromatic rings. The highest BCUT2D eigenvalue weighted by atomic mass is 16.5. The number of amides is 1. The lowest BCUT2D eigenvalue weighted by Gasteiger charge is -2.14. The number of hydrogen-bond donors (Lipinski definition) is 1. The monoisotopic (exact) mass is 339 g/mol. The van der Waals surface area contributed by atoms with Gasteiger partial charge in [0.15, 0.2) is 18.1 Å². The van der Waals surface area contributed by atoms with Crippen molar-refractivity contribution in [2.45, 2.75) is 19.8 Å². The lowest BCUT2D eigenvalue weighted by Crippen LogP contribution is -2.31. The van der Waals surface area contributed by atoms with Gasteiger partial charge in [-0.3, -0.25) is 4.79 Å². The first-order valence-electron chi connectivity index (χ1n) is 8.39. The van der Waals surface area contributed by atoms with Gasteiger partial charge in [-0.05, 0) is 36.1 Å². The van der Waals surface area contributed by atoms with Crippen LogP contribution in [0.1, 0.15) is 30.9 Å². The van der Waals surface area contributed by atoms with E-state index in [4.69, 9.17) is 9.47 Å². The van der Waals surface area contributed by atoms with Gasteiger partial charge in [-0.25, -0.2) is 0 Å². The quantitative estimate of drug-likeness (QED) is 0.790. The minimum atomic E-state index is -0.151. The molecule has 4 nitrogen and oxygen atoms in total. The number of carbonyl (C=O) groups excluding carboxylic acids is 1. The molecule has 2 rings (SSSR count). The molecular formula is C21H25NO3. The number of hydrogen-bond acceptors (Lipinski definition) is 3. The third-order valence-corrected chi connectivity index (χ3v) is 3.88. The minimum absolute atomic E-state index is 0.0408. The second-order valence-electron chi connectivity index (χ2n) is 5.81. The smallest absolute Gasteiger partial charge is 0.257 e. The van der Waals surface area contributed by atoms with Crippen molar-refractivity contribution in [2.75, 3.05) is 20.3 Å². The summed E-state index contributed by atoms with van der Waals surface area (Å²) in [5, 5.41) is 2.90. The molecule has 0 bridgehead atoms. The van der Waals surface area contributed by atoms with Gasteiger partial charge < -0.3 is 14.8 Å². The third kappa shape index (κ3) is 5.68. The van der Waals surface area contributed by atoms with Crippen LogP contribution in [0.3, 0.4) is 0 Å². The van der Waals surface area contributed by atoms with Crippen LogP contribution in [0.15, 0.2) is 54.6 Å². The van der Waals surface area contributed by atoms with Crippen LogP contribution in [0, 0.1) is 0 Å². The van der Waals surface area contributed by atoms with Gasteiger partial charge >= 0.3 is 0 Å². The average molecular weight is 339 g/mol. The molecule has 25 heavy (non-hydrogen) atoms. The molecule has 0 spiro atoms. The van der Waals surface area contributed by atoms with E-state index >= 15 is 0 Å². The fraction of sp³-hybridized carbons (Fsp3) is 0.286. The van der Waals surface area contributed by atoms with Crippen LogP contribution in [-0.2, 0) is 4.79 Å². The van der Waals surface area contributed by atoms with Gasteiger partial charge in [0.05, 0.1) is 7.11 Å². The van der Waals surface area contributed by atoms with Crippen molar-refractivity contribution < 1.29 is 14.3 Å². The standard InChI is InChI=1S/C21H25NO3/c1-4-8-17-11-12-19(20(13-17)24-3)25-15-21(23)22-14-16(2)18-9-6-5-7-10-18/h4-13,16H,14-15H2,1-3H3,(H,22,23)/b8-4+/t16-/m1/s1. The number of carbonyl (C=O) groups is 1. The van der Waals surface area contributed by atoms with Crippen LogP contribution in [0.4, 0.5) is 0 Å². The maximum atomic E-state index is 12.0. The van der Waals surface area contributed by atoms with Gasteiger partial charge in [-0.1, -0.05) is 55.5 Å². The third-order valence-electron chi connectivity index (χ3n) is 3.88. The number of allylic oxidation sites excluding steroid dienone is 1. The van der Waals surface area contributed by atoms with E-state index in [1.165, 1.54) is 5.56 Å². The highest BCUT2D eigenvalue weighted by Crippen LogP contribution is 2.28. The van der Waals surface area contributed by atoms with Crippen LogP contribution in [0.25, 0.3) is 6.08 Å². The molecule has 0 aliphatic rings. The topological polar surface area (TPSA) is 47.6 Å². The minimum Gasteiger partial charge on any atom is -0.493 e. The zero-order chi connectivity index (χ0) is 18.1. The molecule has 0 fully saturated rings. The molecule has 0 heterocycles. The maximum Gasteiger partial charge on any atom is 0.257 e. The molecule has 2 aromatic carbocycles. The largest absolute Gasteiger partial charge is 0.493 e. The zero-order valence-electron chi connectivity index (χ0n) is 15.0. The first-order valence-corrected chi connectivity index (χ1v) is 8.39. The van der Waals surface area contributed by atoms with E-state index in [-0.39, 0.29) is 18.4 Å². The van der Waals surface area contributed by atoms with Crippen molar-refractivity contribution in [1.29, 1.82) is 0 Å². The second-order valence-corrected chi connectivity index (χ2v) is 5.81. The van der Waals surface area contributed by atoms with Crippen LogP contribution >= 0.6 is 0 Å². The van der Waals surface area contributed by atoms with Gasteiger partial charge in [-0.2, -0.15) is 0 Å². The molecule has 0 unspecified atom stereocenters. The van der Waals surface area contributed by atoms with E-state index in [0.717, 1.165) is 5.56 Å². The van der Waals surface area contributed by atoms with Crippen molar-refractivity contribution in [3.63, 3.8) is 0 Å². The summed E-state index contributed by atoms with van der Waals surface area (Å²) in [5.74, 6) is 1.27. The Morgan fingerprint density at radius 3 is 2.60 bits per heavy atom. The number of ether oxygens (including phenoxy) is 2. The molecule has 0 aliphatic carbocycles. The van der Waals surface area contributed by atoms with E-state index in [1.54, 1.807) is 7.11 Å². The van der Waals surface area contributed by atoms with E-state index in [2.05, 4.69) is 24.4 Å². The number of nitrogens with one attached hydrogen (secondary N) is 1. The molecule has 0 aromatic heterocycles. The first kappa shape index (κ1) is 18.6. The molecular weight excluding hydrogens is 314 g/mol. The first-order chi connectivity index (χ1) is 12.1. The fourth-order valence-corrected chi connectivity index (χ4v) is 2.46. The molecule has 0 radical (unpaired) electrons. The normalized spacial score (nSPS) is 12.0. The summed E-state index contributed by atoms with van der Waals surface area (Å²) in [6.45, 7) is 4.57. The number of methoxy groups -OCH3 is 1. The summed E-state index contributed by atoms with van der Waals surface area (Å²) in [6.07, 6.45) is 3.93. The Kier molecular flexibility index (Phi) is 7.08. The van der Waals surface area contributed by atoms with E-state index < -0.39 is 0 Å². The summed E-state index contributed by atoms with van der Waals surface area (Å²) in [5.41, 5.74) is 2.22. The summed E-state index contributed by atoms with van der Waals surface area (Å²) < 4.78 is 10.9. The Balaban J connectivity index is 1.85. The molecule has 132 valence electrons. The SMILES string of the molecule is C/C=C/c1ccc(OCC(=O)NC[C@@H](C)c2ccccc2)c(OC)c1. The van der Waals surface area contributed by atoms with Crippen LogP contribution in [-0.4, -0.2) is 26.2 Å². The van der Waals surface area contributed by atoms with Crippen molar-refractivity contribution in [1.82, 2.24) is 5.32 Å². The van der Waals surface area contributed by atoms with Crippen molar-refractivity contribution in [3.05, 3.63) is 65.7 Å². The zero-order valence-corrected chi connectivity index (χ0v) is 15.0. The molecule has 1 amide bonds. The Morgan fingerprint density at radius 1 is 1.16 bits per heavy atom. The van der Waals surface area contributed by atoms with Gasteiger partial charge in [0.25, 0.3) is 5.91 Å². The predicted molar refractivity (Wildman–Crippen MR) is 101 cm³/mol. The molecule has 4 heteroatoms. The van der Waals surface area contributed by atoms with Crippen LogP contribution in [0.5, 0.6) is 11.5 Å². The lowest BCUT2D eigenvalue weighted by molar-refractivity contribution is -0.123. The van der Waals surface area contributed by atoms with Crippen molar-refractivity contribution in [3.8, 4) is 11.5 Å². The molecule has 1 atom stereocenters. The second kappa shape index (κ2) is 9.52. The van der Waals surface area contributed by atoms with Crippen molar-refractivity contribution in [2.24, 2.45) is 0 Å². The Bertz CT molecular complexity index is 710. The van der Waals surface area contributed by atoms with Gasteiger partial charge in [0.1, 0.15) is 0 Å². The van der Waals surface area contributed by atoms with Crippen LogP contribution in [0.2, 0.25) is 0 Å². The predicted octanol–water partition coefficient (Wildman–Crippen LogP) is 4.03. The Hall–Kier alpha value is -2.75.